The van der Waals surface area contributed by atoms with Crippen molar-refractivity contribution in [2.75, 3.05) is 4.43 Å². The first kappa shape index (κ1) is 15.3. The van der Waals surface area contributed by atoms with Gasteiger partial charge in [0.15, 0.2) is 0 Å². The summed E-state index contributed by atoms with van der Waals surface area (Å²) in [5.41, 5.74) is 5.71. The molecule has 0 fully saturated rings. The van der Waals surface area contributed by atoms with Crippen LogP contribution in [0.25, 0.3) is 11.1 Å². The van der Waals surface area contributed by atoms with Gasteiger partial charge in [-0.05, 0) is 0 Å². The summed E-state index contributed by atoms with van der Waals surface area (Å²) in [5, 5.41) is 0. The van der Waals surface area contributed by atoms with Crippen molar-refractivity contribution in [1.29, 1.82) is 0 Å². The summed E-state index contributed by atoms with van der Waals surface area (Å²) < 4.78 is 4.34. The molecule has 0 aliphatic heterocycles. The number of hydrogen-bond acceptors (Lipinski definition) is 0. The first-order valence-electron chi connectivity index (χ1n) is 6.65. The molecule has 0 bridgehead atoms. The minimum atomic E-state index is 0.132. The van der Waals surface area contributed by atoms with Gasteiger partial charge in [0.05, 0.1) is 0 Å². The predicted octanol–water partition coefficient (Wildman–Crippen LogP) is 2.11. The van der Waals surface area contributed by atoms with Crippen LogP contribution in [0.3, 0.4) is 0 Å². The second kappa shape index (κ2) is 7.07. The molecule has 0 saturated heterocycles. The maximum atomic E-state index is 2.49. The third-order valence-electron chi connectivity index (χ3n) is 3.25. The minimum absolute atomic E-state index is 0.132. The molecular weight excluding hydrogens is 458 g/mol. The van der Waals surface area contributed by atoms with E-state index in [9.17, 15) is 0 Å². The van der Waals surface area contributed by atoms with Gasteiger partial charge < -0.3 is 0 Å². The molecule has 0 aliphatic rings. The van der Waals surface area contributed by atoms with Crippen molar-refractivity contribution in [2.45, 2.75) is 27.2 Å². The van der Waals surface area contributed by atoms with Crippen LogP contribution in [0.15, 0.2) is 36.4 Å². The van der Waals surface area contributed by atoms with Gasteiger partial charge in [-0.3, -0.25) is 0 Å². The van der Waals surface area contributed by atoms with Crippen LogP contribution >= 0.6 is 22.6 Å². The normalized spacial score (nSPS) is 10.9. The Kier molecular flexibility index (Phi) is 5.69. The first-order valence-corrected chi connectivity index (χ1v) is 10.3. The van der Waals surface area contributed by atoms with Crippen LogP contribution in [0.2, 0.25) is 0 Å². The van der Waals surface area contributed by atoms with Gasteiger partial charge in [0.2, 0.25) is 0 Å². The van der Waals surface area contributed by atoms with Gasteiger partial charge >= 0.3 is 141 Å². The SMILES string of the molecule is CC[I-]c1c(I)cccc1-c1ccc(CC)c(C)c1. The monoisotopic (exact) mass is 477 g/mol. The quantitative estimate of drug-likeness (QED) is 0.468. The maximum absolute atomic E-state index is 2.49. The van der Waals surface area contributed by atoms with Crippen molar-refractivity contribution in [2.24, 2.45) is 0 Å². The van der Waals surface area contributed by atoms with Crippen molar-refractivity contribution in [3.05, 3.63) is 54.7 Å². The molecule has 2 heteroatoms. The van der Waals surface area contributed by atoms with Crippen molar-refractivity contribution >= 4 is 22.6 Å². The zero-order valence-electron chi connectivity index (χ0n) is 11.6. The van der Waals surface area contributed by atoms with Crippen LogP contribution in [0.1, 0.15) is 25.0 Å². The van der Waals surface area contributed by atoms with Crippen molar-refractivity contribution in [3.8, 4) is 11.1 Å². The molecule has 0 aromatic heterocycles. The topological polar surface area (TPSA) is 0 Å². The van der Waals surface area contributed by atoms with Crippen molar-refractivity contribution in [1.82, 2.24) is 0 Å². The van der Waals surface area contributed by atoms with Crippen LogP contribution in [0.4, 0.5) is 0 Å². The van der Waals surface area contributed by atoms with Gasteiger partial charge in [0, 0.05) is 0 Å². The van der Waals surface area contributed by atoms with Gasteiger partial charge in [-0.2, -0.15) is 0 Å². The Bertz CT molecular complexity index is 573. The molecule has 0 heterocycles. The number of hydrogen-bond donors (Lipinski definition) is 0. The Morgan fingerprint density at radius 1 is 1.11 bits per heavy atom. The molecule has 0 amide bonds. The number of halogens is 2. The summed E-state index contributed by atoms with van der Waals surface area (Å²) in [6.07, 6.45) is 1.12. The standard InChI is InChI=1S/C17H19I2/c1-4-13-9-10-14(11-12(13)3)15-7-6-8-16(18)17(15)19-5-2/h6-11H,4-5H2,1-3H3/q-1. The zero-order chi connectivity index (χ0) is 13.8. The second-order valence-corrected chi connectivity index (χ2v) is 9.03. The average molecular weight is 477 g/mol. The number of benzene rings is 2. The van der Waals surface area contributed by atoms with E-state index in [1.807, 2.05) is 0 Å². The molecule has 0 spiro atoms. The van der Waals surface area contributed by atoms with Crippen LogP contribution in [0.5, 0.6) is 0 Å². The van der Waals surface area contributed by atoms with Crippen LogP contribution in [-0.4, -0.2) is 4.43 Å². The van der Waals surface area contributed by atoms with Gasteiger partial charge in [-0.1, -0.05) is 0 Å². The van der Waals surface area contributed by atoms with E-state index < -0.39 is 0 Å². The Morgan fingerprint density at radius 2 is 1.89 bits per heavy atom. The molecule has 0 nitrogen and oxygen atoms in total. The summed E-state index contributed by atoms with van der Waals surface area (Å²) in [4.78, 5) is 0. The fourth-order valence-electron chi connectivity index (χ4n) is 2.26. The molecule has 2 rings (SSSR count). The molecule has 19 heavy (non-hydrogen) atoms. The molecule has 0 unspecified atom stereocenters. The van der Waals surface area contributed by atoms with E-state index >= 15 is 0 Å². The first-order chi connectivity index (χ1) is 9.17. The van der Waals surface area contributed by atoms with Crippen LogP contribution in [-0.2, 0) is 6.42 Å². The van der Waals surface area contributed by atoms with Crippen LogP contribution in [0, 0.1) is 14.1 Å². The second-order valence-electron chi connectivity index (χ2n) is 4.50. The van der Waals surface area contributed by atoms with E-state index in [2.05, 4.69) is 79.8 Å². The Labute approximate surface area is 140 Å². The number of rotatable bonds is 4. The predicted molar refractivity (Wildman–Crippen MR) is 87.9 cm³/mol. The van der Waals surface area contributed by atoms with E-state index in [0.29, 0.717) is 0 Å². The van der Waals surface area contributed by atoms with E-state index in [0.717, 1.165) is 6.42 Å². The molecule has 0 aliphatic carbocycles. The van der Waals surface area contributed by atoms with Crippen LogP contribution < -0.4 is 21.2 Å². The molecule has 102 valence electrons. The summed E-state index contributed by atoms with van der Waals surface area (Å²) in [5.74, 6) is 0. The van der Waals surface area contributed by atoms with Crippen molar-refractivity contribution < 1.29 is 21.2 Å². The Morgan fingerprint density at radius 3 is 2.53 bits per heavy atom. The Hall–Kier alpha value is -0.100. The van der Waals surface area contributed by atoms with Gasteiger partial charge in [-0.25, -0.2) is 0 Å². The third kappa shape index (κ3) is 3.51. The summed E-state index contributed by atoms with van der Waals surface area (Å²) in [6.45, 7) is 6.75. The molecule has 0 atom stereocenters. The summed E-state index contributed by atoms with van der Waals surface area (Å²) >= 11 is 2.62. The van der Waals surface area contributed by atoms with E-state index in [1.165, 1.54) is 30.3 Å². The molecule has 0 N–H and O–H groups in total. The summed E-state index contributed by atoms with van der Waals surface area (Å²) in [6, 6.07) is 13.6. The Balaban J connectivity index is 2.52. The van der Waals surface area contributed by atoms with Crippen molar-refractivity contribution in [3.63, 3.8) is 0 Å². The van der Waals surface area contributed by atoms with E-state index in [1.54, 1.807) is 3.57 Å². The zero-order valence-corrected chi connectivity index (χ0v) is 15.9. The van der Waals surface area contributed by atoms with Gasteiger partial charge in [0.1, 0.15) is 0 Å². The molecular formula is C17H19I2-. The summed E-state index contributed by atoms with van der Waals surface area (Å²) in [7, 11) is 0. The van der Waals surface area contributed by atoms with E-state index in [-0.39, 0.29) is 21.2 Å². The van der Waals surface area contributed by atoms with Gasteiger partial charge in [-0.15, -0.1) is 0 Å². The fourth-order valence-corrected chi connectivity index (χ4v) is 5.93. The van der Waals surface area contributed by atoms with Gasteiger partial charge in [0.25, 0.3) is 0 Å². The molecule has 0 radical (unpaired) electrons. The fraction of sp³-hybridized carbons (Fsp3) is 0.294. The molecule has 2 aromatic rings. The number of alkyl halides is 1. The number of aryl methyl sites for hydroxylation is 2. The van der Waals surface area contributed by atoms with E-state index in [4.69, 9.17) is 0 Å². The molecule has 2 aromatic carbocycles. The molecule has 0 saturated carbocycles. The third-order valence-corrected chi connectivity index (χ3v) is 7.87. The average Bonchev–Trinajstić information content (AvgIpc) is 2.41.